The van der Waals surface area contributed by atoms with Crippen molar-refractivity contribution in [3.63, 3.8) is 0 Å². The maximum Gasteiger partial charge on any atom is 0.136 e. The molecular formula is C46H28O. The zero-order chi connectivity index (χ0) is 37.9. The van der Waals surface area contributed by atoms with E-state index in [1.54, 1.807) is 6.07 Å². The van der Waals surface area contributed by atoms with Crippen LogP contribution in [0.5, 0.6) is 0 Å². The molecule has 1 heterocycles. The fourth-order valence-corrected chi connectivity index (χ4v) is 7.10. The van der Waals surface area contributed by atoms with Gasteiger partial charge < -0.3 is 4.42 Å². The van der Waals surface area contributed by atoms with Crippen LogP contribution in [0.25, 0.3) is 98.4 Å². The highest BCUT2D eigenvalue weighted by molar-refractivity contribution is 6.26. The van der Waals surface area contributed by atoms with Crippen molar-refractivity contribution in [2.45, 2.75) is 0 Å². The fraction of sp³-hybridized carbons (Fsp3) is 0. The summed E-state index contributed by atoms with van der Waals surface area (Å²) in [5.74, 6) is 0. The molecular weight excluding hydrogens is 569 g/mol. The first kappa shape index (κ1) is 19.4. The lowest BCUT2D eigenvalue weighted by molar-refractivity contribution is 0.669. The molecule has 0 unspecified atom stereocenters. The van der Waals surface area contributed by atoms with E-state index in [4.69, 9.17) is 9.90 Å². The summed E-state index contributed by atoms with van der Waals surface area (Å²) in [6, 6.07) is 36.4. The van der Waals surface area contributed by atoms with Gasteiger partial charge in [0.1, 0.15) is 11.2 Å². The number of furan rings is 1. The first-order chi connectivity index (χ1) is 26.6. The molecule has 0 spiro atoms. The van der Waals surface area contributed by atoms with Crippen molar-refractivity contribution in [3.8, 4) is 33.4 Å². The molecule has 1 heteroatoms. The van der Waals surface area contributed by atoms with Crippen LogP contribution in [0.15, 0.2) is 174 Å². The summed E-state index contributed by atoms with van der Waals surface area (Å²) in [6.07, 6.45) is 0. The van der Waals surface area contributed by atoms with Gasteiger partial charge in [-0.15, -0.1) is 0 Å². The highest BCUT2D eigenvalue weighted by Crippen LogP contribution is 2.47. The van der Waals surface area contributed by atoms with E-state index in [1.165, 1.54) is 0 Å². The molecule has 0 amide bonds. The van der Waals surface area contributed by atoms with Crippen molar-refractivity contribution in [2.75, 3.05) is 0 Å². The Morgan fingerprint density at radius 1 is 0.383 bits per heavy atom. The van der Waals surface area contributed by atoms with E-state index in [0.29, 0.717) is 38.8 Å². The van der Waals surface area contributed by atoms with Crippen LogP contribution in [0, 0.1) is 0 Å². The molecule has 0 saturated heterocycles. The zero-order valence-corrected chi connectivity index (χ0v) is 25.0. The third-order valence-electron chi connectivity index (χ3n) is 9.26. The van der Waals surface area contributed by atoms with Crippen LogP contribution < -0.4 is 0 Å². The van der Waals surface area contributed by atoms with Crippen LogP contribution in [0.2, 0.25) is 0 Å². The minimum atomic E-state index is -0.438. The lowest BCUT2D eigenvalue weighted by Crippen LogP contribution is -1.91. The standard InChI is InChI=1S/C46H28O/c1-2-11-32-26-35(25-22-29(32)10-1)30-20-23-31(24-21-30)44-36-14-5-7-16-38(36)45(39-17-8-6-15-37(39)44)40-18-9-19-42-46(40)41-27-33-12-3-4-13-34(33)28-43(41)47-42/h1-28H/i5D,6D,7D,8D,14D,15D,16D,17D. The number of hydrogen-bond acceptors (Lipinski definition) is 1. The van der Waals surface area contributed by atoms with Crippen molar-refractivity contribution in [1.29, 1.82) is 0 Å². The van der Waals surface area contributed by atoms with Gasteiger partial charge in [-0.05, 0) is 101 Å². The molecule has 0 radical (unpaired) electrons. The van der Waals surface area contributed by atoms with E-state index in [9.17, 15) is 5.48 Å². The number of hydrogen-bond donors (Lipinski definition) is 0. The number of benzene rings is 9. The third-order valence-corrected chi connectivity index (χ3v) is 9.26. The van der Waals surface area contributed by atoms with Crippen LogP contribution in [-0.4, -0.2) is 0 Å². The first-order valence-corrected chi connectivity index (χ1v) is 15.5. The van der Waals surface area contributed by atoms with Gasteiger partial charge in [-0.3, -0.25) is 0 Å². The second-order valence-electron chi connectivity index (χ2n) is 11.9. The molecule has 47 heavy (non-hydrogen) atoms. The second kappa shape index (κ2) is 10.2. The molecule has 218 valence electrons. The van der Waals surface area contributed by atoms with Gasteiger partial charge in [0.2, 0.25) is 0 Å². The maximum atomic E-state index is 9.42. The predicted octanol–water partition coefficient (Wildman–Crippen LogP) is 13.2. The van der Waals surface area contributed by atoms with E-state index in [0.717, 1.165) is 38.1 Å². The van der Waals surface area contributed by atoms with Gasteiger partial charge >= 0.3 is 0 Å². The van der Waals surface area contributed by atoms with Gasteiger partial charge in [0.05, 0.1) is 11.0 Å². The molecule has 10 rings (SSSR count). The molecule has 1 aromatic heterocycles. The Morgan fingerprint density at radius 3 is 1.62 bits per heavy atom. The van der Waals surface area contributed by atoms with Crippen molar-refractivity contribution < 1.29 is 15.4 Å². The van der Waals surface area contributed by atoms with Crippen molar-refractivity contribution >= 4 is 65.0 Å². The van der Waals surface area contributed by atoms with Gasteiger partial charge in [-0.1, -0.05) is 145 Å². The molecule has 0 bridgehead atoms. The lowest BCUT2D eigenvalue weighted by atomic mass is 9.84. The van der Waals surface area contributed by atoms with Crippen molar-refractivity contribution in [1.82, 2.24) is 0 Å². The smallest absolute Gasteiger partial charge is 0.136 e. The Bertz CT molecular complexity index is 3210. The predicted molar refractivity (Wildman–Crippen MR) is 200 cm³/mol. The summed E-state index contributed by atoms with van der Waals surface area (Å²) in [5.41, 5.74) is 4.78. The molecule has 1 nitrogen and oxygen atoms in total. The fourth-order valence-electron chi connectivity index (χ4n) is 7.10. The Hall–Kier alpha value is -6.18. The summed E-state index contributed by atoms with van der Waals surface area (Å²) in [4.78, 5) is 0. The normalized spacial score (nSPS) is 14.2. The molecule has 0 aliphatic carbocycles. The Kier molecular flexibility index (Phi) is 4.19. The van der Waals surface area contributed by atoms with E-state index in [-0.39, 0.29) is 45.7 Å². The Morgan fingerprint density at radius 2 is 0.936 bits per heavy atom. The van der Waals surface area contributed by atoms with Gasteiger partial charge in [-0.2, -0.15) is 0 Å². The van der Waals surface area contributed by atoms with Gasteiger partial charge in [0.25, 0.3) is 0 Å². The van der Waals surface area contributed by atoms with Crippen LogP contribution in [-0.2, 0) is 0 Å². The summed E-state index contributed by atoms with van der Waals surface area (Å²) in [6.45, 7) is 0. The second-order valence-corrected chi connectivity index (χ2v) is 11.9. The van der Waals surface area contributed by atoms with Crippen LogP contribution in [0.1, 0.15) is 11.0 Å². The average Bonchev–Trinajstić information content (AvgIpc) is 3.59. The summed E-state index contributed by atoms with van der Waals surface area (Å²) < 4.78 is 79.3. The van der Waals surface area contributed by atoms with Crippen molar-refractivity contribution in [2.24, 2.45) is 0 Å². The van der Waals surface area contributed by atoms with E-state index in [2.05, 4.69) is 24.3 Å². The van der Waals surface area contributed by atoms with Gasteiger partial charge in [0.15, 0.2) is 0 Å². The van der Waals surface area contributed by atoms with Gasteiger partial charge in [-0.25, -0.2) is 0 Å². The van der Waals surface area contributed by atoms with Crippen molar-refractivity contribution in [3.05, 3.63) is 170 Å². The molecule has 0 aliphatic heterocycles. The van der Waals surface area contributed by atoms with Gasteiger partial charge in [0, 0.05) is 10.8 Å². The molecule has 0 aliphatic rings. The lowest BCUT2D eigenvalue weighted by Gasteiger charge is -2.18. The van der Waals surface area contributed by atoms with E-state index < -0.39 is 24.2 Å². The highest BCUT2D eigenvalue weighted by atomic mass is 16.3. The minimum absolute atomic E-state index is 0.166. The molecule has 0 saturated carbocycles. The maximum absolute atomic E-state index is 9.42. The zero-order valence-electron chi connectivity index (χ0n) is 33.0. The molecule has 9 aromatic carbocycles. The topological polar surface area (TPSA) is 13.1 Å². The quantitative estimate of drug-likeness (QED) is 0.183. The summed E-state index contributed by atoms with van der Waals surface area (Å²) in [5, 5.41) is 6.32. The first-order valence-electron chi connectivity index (χ1n) is 19.5. The van der Waals surface area contributed by atoms with Crippen LogP contribution in [0.4, 0.5) is 0 Å². The number of fused-ring (bicyclic) bond motifs is 7. The van der Waals surface area contributed by atoms with Crippen LogP contribution >= 0.6 is 0 Å². The Balaban J connectivity index is 1.36. The minimum Gasteiger partial charge on any atom is -0.456 e. The SMILES string of the molecule is [2H]c1c([2H])c([2H])c2c(-c3cccc4oc5cc6ccccc6cc5c34)c3c([2H])c([2H])c([2H])c([2H])c3c(-c3ccc(-c4ccc5ccccc5c4)cc3)c2c1[2H]. The Labute approximate surface area is 283 Å². The van der Waals surface area contributed by atoms with E-state index in [1.807, 2.05) is 91.0 Å². The molecule has 0 N–H and O–H groups in total. The van der Waals surface area contributed by atoms with Crippen LogP contribution in [0.3, 0.4) is 0 Å². The largest absolute Gasteiger partial charge is 0.456 e. The monoisotopic (exact) mass is 604 g/mol. The molecule has 0 fully saturated rings. The molecule has 10 aromatic rings. The summed E-state index contributed by atoms with van der Waals surface area (Å²) >= 11 is 0. The number of rotatable bonds is 3. The summed E-state index contributed by atoms with van der Waals surface area (Å²) in [7, 11) is 0. The van der Waals surface area contributed by atoms with E-state index >= 15 is 0 Å². The third kappa shape index (κ3) is 4.03. The molecule has 0 atom stereocenters. The highest BCUT2D eigenvalue weighted by Gasteiger charge is 2.20. The average molecular weight is 605 g/mol.